The Morgan fingerprint density at radius 1 is 1.31 bits per heavy atom. The smallest absolute Gasteiger partial charge is 0.323 e. The van der Waals surface area contributed by atoms with Gasteiger partial charge < -0.3 is 4.18 Å². The van der Waals surface area contributed by atoms with Crippen molar-refractivity contribution < 1.29 is 12.6 Å². The first kappa shape index (κ1) is 10.3. The molecule has 0 radical (unpaired) electrons. The Morgan fingerprint density at radius 2 is 1.85 bits per heavy atom. The van der Waals surface area contributed by atoms with Crippen LogP contribution >= 0.6 is 11.6 Å². The zero-order chi connectivity index (χ0) is 9.90. The highest BCUT2D eigenvalue weighted by Crippen LogP contribution is 2.14. The van der Waals surface area contributed by atoms with Gasteiger partial charge in [-0.25, -0.2) is 0 Å². The molecule has 0 atom stereocenters. The molecule has 13 heavy (non-hydrogen) atoms. The molecule has 0 bridgehead atoms. The van der Waals surface area contributed by atoms with Crippen LogP contribution in [0.3, 0.4) is 0 Å². The van der Waals surface area contributed by atoms with Crippen molar-refractivity contribution in [2.75, 3.05) is 5.21 Å². The quantitative estimate of drug-likeness (QED) is 0.577. The lowest BCUT2D eigenvalue weighted by atomic mass is 10.2. The molecule has 0 unspecified atom stereocenters. The third-order valence-corrected chi connectivity index (χ3v) is 2.89. The first-order valence-electron chi connectivity index (χ1n) is 3.58. The van der Waals surface area contributed by atoms with Gasteiger partial charge in [0.1, 0.15) is 5.75 Å². The van der Waals surface area contributed by atoms with Gasteiger partial charge in [-0.3, -0.25) is 0 Å². The number of aryl methyl sites for hydroxylation is 1. The molecule has 3 nitrogen and oxygen atoms in total. The minimum Gasteiger partial charge on any atom is -0.382 e. The topological polar surface area (TPSA) is 43.4 Å². The van der Waals surface area contributed by atoms with E-state index >= 15 is 0 Å². The summed E-state index contributed by atoms with van der Waals surface area (Å²) in [6.45, 7) is 1.90. The van der Waals surface area contributed by atoms with Crippen LogP contribution in [0, 0.1) is 6.92 Å². The van der Waals surface area contributed by atoms with Gasteiger partial charge in [0.2, 0.25) is 0 Å². The maximum Gasteiger partial charge on any atom is 0.323 e. The molecular formula is C8H9ClO3S. The van der Waals surface area contributed by atoms with Crippen molar-refractivity contribution in [3.63, 3.8) is 0 Å². The van der Waals surface area contributed by atoms with Crippen LogP contribution in [0.5, 0.6) is 5.75 Å². The van der Waals surface area contributed by atoms with Gasteiger partial charge >= 0.3 is 10.1 Å². The summed E-state index contributed by atoms with van der Waals surface area (Å²) in [5.74, 6) is 0.284. The minimum atomic E-state index is -3.62. The maximum atomic E-state index is 10.9. The van der Waals surface area contributed by atoms with Crippen molar-refractivity contribution >= 4 is 21.7 Å². The molecule has 0 spiro atoms. The first-order chi connectivity index (χ1) is 6.03. The molecule has 0 aromatic heterocycles. The number of benzene rings is 1. The standard InChI is InChI=1S/C8H9ClO3S/c1-7-2-4-8(5-3-7)12-13(10,11)6-9/h2-5H,6H2,1H3. The van der Waals surface area contributed by atoms with Crippen molar-refractivity contribution in [2.24, 2.45) is 0 Å². The van der Waals surface area contributed by atoms with Crippen molar-refractivity contribution in [3.8, 4) is 5.75 Å². The van der Waals surface area contributed by atoms with Crippen LogP contribution < -0.4 is 4.18 Å². The first-order valence-corrected chi connectivity index (χ1v) is 5.69. The Balaban J connectivity index is 2.82. The van der Waals surface area contributed by atoms with Gasteiger partial charge in [0.15, 0.2) is 5.21 Å². The van der Waals surface area contributed by atoms with E-state index in [1.165, 1.54) is 0 Å². The molecule has 1 aromatic carbocycles. The fraction of sp³-hybridized carbons (Fsp3) is 0.250. The second kappa shape index (κ2) is 3.98. The Hall–Kier alpha value is -0.740. The number of rotatable bonds is 3. The molecular weight excluding hydrogens is 212 g/mol. The summed E-state index contributed by atoms with van der Waals surface area (Å²) >= 11 is 5.16. The maximum absolute atomic E-state index is 10.9. The van der Waals surface area contributed by atoms with Crippen molar-refractivity contribution in [3.05, 3.63) is 29.8 Å². The van der Waals surface area contributed by atoms with E-state index < -0.39 is 15.3 Å². The molecule has 0 fully saturated rings. The lowest BCUT2D eigenvalue weighted by Crippen LogP contribution is -2.09. The van der Waals surface area contributed by atoms with E-state index in [1.807, 2.05) is 6.92 Å². The van der Waals surface area contributed by atoms with Crippen LogP contribution in [-0.4, -0.2) is 13.6 Å². The van der Waals surface area contributed by atoms with Crippen LogP contribution in [0.2, 0.25) is 0 Å². The molecule has 5 heteroatoms. The van der Waals surface area contributed by atoms with Crippen LogP contribution in [0.15, 0.2) is 24.3 Å². The van der Waals surface area contributed by atoms with Gasteiger partial charge in [-0.05, 0) is 19.1 Å². The number of halogens is 1. The second-order valence-corrected chi connectivity index (χ2v) is 4.72. The van der Waals surface area contributed by atoms with E-state index in [9.17, 15) is 8.42 Å². The zero-order valence-electron chi connectivity index (χ0n) is 7.03. The average molecular weight is 221 g/mol. The van der Waals surface area contributed by atoms with Crippen LogP contribution in [0.4, 0.5) is 0 Å². The van der Waals surface area contributed by atoms with Gasteiger partial charge in [-0.2, -0.15) is 8.42 Å². The van der Waals surface area contributed by atoms with Gasteiger partial charge in [0.25, 0.3) is 0 Å². The SMILES string of the molecule is Cc1ccc(OS(=O)(=O)CCl)cc1. The molecule has 0 aliphatic rings. The lowest BCUT2D eigenvalue weighted by molar-refractivity contribution is 0.491. The van der Waals surface area contributed by atoms with Crippen molar-refractivity contribution in [1.29, 1.82) is 0 Å². The van der Waals surface area contributed by atoms with Crippen LogP contribution in [-0.2, 0) is 10.1 Å². The summed E-state index contributed by atoms with van der Waals surface area (Å²) in [7, 11) is -3.62. The predicted octanol–water partition coefficient (Wildman–Crippen LogP) is 1.90. The Morgan fingerprint density at radius 3 is 2.31 bits per heavy atom. The third-order valence-electron chi connectivity index (χ3n) is 1.38. The Kier molecular flexibility index (Phi) is 3.17. The molecule has 0 aliphatic carbocycles. The highest BCUT2D eigenvalue weighted by Gasteiger charge is 2.09. The van der Waals surface area contributed by atoms with Crippen molar-refractivity contribution in [2.45, 2.75) is 6.92 Å². The summed E-state index contributed by atoms with van der Waals surface area (Å²) in [6.07, 6.45) is 0. The van der Waals surface area contributed by atoms with E-state index in [4.69, 9.17) is 11.6 Å². The van der Waals surface area contributed by atoms with E-state index in [2.05, 4.69) is 4.18 Å². The van der Waals surface area contributed by atoms with E-state index in [-0.39, 0.29) is 5.75 Å². The largest absolute Gasteiger partial charge is 0.382 e. The van der Waals surface area contributed by atoms with Crippen LogP contribution in [0.25, 0.3) is 0 Å². The predicted molar refractivity (Wildman–Crippen MR) is 51.4 cm³/mol. The van der Waals surface area contributed by atoms with Gasteiger partial charge in [0, 0.05) is 0 Å². The van der Waals surface area contributed by atoms with Crippen molar-refractivity contribution in [1.82, 2.24) is 0 Å². The van der Waals surface area contributed by atoms with E-state index in [0.717, 1.165) is 5.56 Å². The molecule has 0 aliphatic heterocycles. The Labute approximate surface area is 82.4 Å². The number of hydrogen-bond acceptors (Lipinski definition) is 3. The van der Waals surface area contributed by atoms with E-state index in [1.54, 1.807) is 24.3 Å². The van der Waals surface area contributed by atoms with Gasteiger partial charge in [0.05, 0.1) is 0 Å². The third kappa shape index (κ3) is 3.24. The van der Waals surface area contributed by atoms with E-state index in [0.29, 0.717) is 0 Å². The van der Waals surface area contributed by atoms with Gasteiger partial charge in [-0.1, -0.05) is 17.7 Å². The molecule has 0 saturated heterocycles. The monoisotopic (exact) mass is 220 g/mol. The van der Waals surface area contributed by atoms with Gasteiger partial charge in [-0.15, -0.1) is 11.6 Å². The summed E-state index contributed by atoms with van der Waals surface area (Å²) in [6, 6.07) is 6.69. The normalized spacial score (nSPS) is 11.2. The molecule has 72 valence electrons. The summed E-state index contributed by atoms with van der Waals surface area (Å²) < 4.78 is 26.4. The highest BCUT2D eigenvalue weighted by molar-refractivity contribution is 7.88. The fourth-order valence-electron chi connectivity index (χ4n) is 0.763. The zero-order valence-corrected chi connectivity index (χ0v) is 8.60. The molecule has 0 N–H and O–H groups in total. The molecule has 1 rings (SSSR count). The molecule has 1 aromatic rings. The lowest BCUT2D eigenvalue weighted by Gasteiger charge is -2.03. The molecule has 0 heterocycles. The van der Waals surface area contributed by atoms with Crippen LogP contribution in [0.1, 0.15) is 5.56 Å². The average Bonchev–Trinajstić information content (AvgIpc) is 2.09. The number of hydrogen-bond donors (Lipinski definition) is 0. The summed E-state index contributed by atoms with van der Waals surface area (Å²) in [4.78, 5) is 0. The highest BCUT2D eigenvalue weighted by atomic mass is 35.5. The molecule has 0 amide bonds. The summed E-state index contributed by atoms with van der Waals surface area (Å²) in [5.41, 5.74) is 1.04. The minimum absolute atomic E-state index is 0.284. The second-order valence-electron chi connectivity index (χ2n) is 2.56. The fourth-order valence-corrected chi connectivity index (χ4v) is 1.35. The molecule has 0 saturated carbocycles. The Bertz CT molecular complexity index is 369. The number of alkyl halides is 1. The summed E-state index contributed by atoms with van der Waals surface area (Å²) in [5, 5.41) is -0.541.